The van der Waals surface area contributed by atoms with E-state index in [0.29, 0.717) is 5.56 Å². The van der Waals surface area contributed by atoms with Crippen molar-refractivity contribution in [2.75, 3.05) is 20.0 Å². The fourth-order valence-corrected chi connectivity index (χ4v) is 2.20. The summed E-state index contributed by atoms with van der Waals surface area (Å²) >= 11 is 0. The van der Waals surface area contributed by atoms with Gasteiger partial charge < -0.3 is 9.30 Å². The normalized spacial score (nSPS) is 17.4. The number of nitrogens with zero attached hydrogens (tertiary/aromatic N) is 1. The van der Waals surface area contributed by atoms with E-state index in [2.05, 4.69) is 4.74 Å². The largest absolute Gasteiger partial charge is 0.465 e. The molecule has 0 bridgehead atoms. The summed E-state index contributed by atoms with van der Waals surface area (Å²) in [5, 5.41) is 0. The summed E-state index contributed by atoms with van der Waals surface area (Å²) in [7, 11) is -2.13. The molecule has 0 spiro atoms. The summed E-state index contributed by atoms with van der Waals surface area (Å²) in [6, 6.07) is 1.65. The summed E-state index contributed by atoms with van der Waals surface area (Å²) in [5.74, 6) is -0.409. The number of esters is 1. The number of carbonyl (C=O) groups excluding carboxylic acids is 1. The maximum atomic E-state index is 11.3. The molecule has 18 heavy (non-hydrogen) atoms. The molecule has 6 nitrogen and oxygen atoms in total. The second kappa shape index (κ2) is 4.40. The number of ether oxygens (including phenoxy) is 1. The molecule has 1 aliphatic carbocycles. The highest BCUT2D eigenvalue weighted by Crippen LogP contribution is 2.44. The summed E-state index contributed by atoms with van der Waals surface area (Å²) in [6.07, 6.45) is 6.09. The van der Waals surface area contributed by atoms with E-state index in [0.717, 1.165) is 19.1 Å². The molecule has 2 rings (SSSR count). The standard InChI is InChI=1S/C11H15NO5S/c1-16-10(13)9-3-6-12(7-9)11(4-5-11)8-17-18(2,14)15/h3,6-7H,4-5,8H2,1-2H3. The van der Waals surface area contributed by atoms with Crippen molar-refractivity contribution >= 4 is 16.1 Å². The third kappa shape index (κ3) is 2.73. The van der Waals surface area contributed by atoms with Crippen LogP contribution < -0.4 is 0 Å². The van der Waals surface area contributed by atoms with Crippen LogP contribution >= 0.6 is 0 Å². The Hall–Kier alpha value is -1.34. The lowest BCUT2D eigenvalue weighted by Crippen LogP contribution is -2.24. The lowest BCUT2D eigenvalue weighted by molar-refractivity contribution is 0.0600. The third-order valence-corrected chi connectivity index (χ3v) is 3.58. The first-order valence-electron chi connectivity index (χ1n) is 5.47. The number of hydrogen-bond donors (Lipinski definition) is 0. The van der Waals surface area contributed by atoms with Crippen LogP contribution in [0.1, 0.15) is 23.2 Å². The van der Waals surface area contributed by atoms with Gasteiger partial charge in [-0.1, -0.05) is 0 Å². The fourth-order valence-electron chi connectivity index (χ4n) is 1.77. The van der Waals surface area contributed by atoms with E-state index >= 15 is 0 Å². The van der Waals surface area contributed by atoms with Gasteiger partial charge in [-0.25, -0.2) is 4.79 Å². The van der Waals surface area contributed by atoms with Crippen LogP contribution in [0.25, 0.3) is 0 Å². The Balaban J connectivity index is 2.11. The summed E-state index contributed by atoms with van der Waals surface area (Å²) in [4.78, 5) is 11.3. The minimum Gasteiger partial charge on any atom is -0.465 e. The summed E-state index contributed by atoms with van der Waals surface area (Å²) in [6.45, 7) is 0.0983. The molecule has 100 valence electrons. The zero-order valence-corrected chi connectivity index (χ0v) is 11.1. The zero-order valence-electron chi connectivity index (χ0n) is 10.3. The highest BCUT2D eigenvalue weighted by Gasteiger charge is 2.45. The molecule has 0 amide bonds. The van der Waals surface area contributed by atoms with Gasteiger partial charge in [0.25, 0.3) is 10.1 Å². The molecule has 1 aromatic rings. The van der Waals surface area contributed by atoms with E-state index in [-0.39, 0.29) is 12.1 Å². The van der Waals surface area contributed by atoms with Gasteiger partial charge in [-0.3, -0.25) is 4.18 Å². The van der Waals surface area contributed by atoms with Crippen LogP contribution in [-0.4, -0.2) is 38.9 Å². The number of carbonyl (C=O) groups is 1. The van der Waals surface area contributed by atoms with Crippen LogP contribution in [0.2, 0.25) is 0 Å². The molecular formula is C11H15NO5S. The van der Waals surface area contributed by atoms with E-state index in [1.165, 1.54) is 7.11 Å². The Kier molecular flexibility index (Phi) is 3.20. The van der Waals surface area contributed by atoms with Crippen LogP contribution in [0.3, 0.4) is 0 Å². The molecule has 0 aliphatic heterocycles. The summed E-state index contributed by atoms with van der Waals surface area (Å²) < 4.78 is 33.3. The van der Waals surface area contributed by atoms with Gasteiger partial charge >= 0.3 is 5.97 Å². The van der Waals surface area contributed by atoms with E-state index in [9.17, 15) is 13.2 Å². The van der Waals surface area contributed by atoms with Gasteiger partial charge in [-0.05, 0) is 18.9 Å². The third-order valence-electron chi connectivity index (χ3n) is 3.03. The van der Waals surface area contributed by atoms with Gasteiger partial charge in [0.1, 0.15) is 0 Å². The SMILES string of the molecule is COC(=O)c1ccn(C2(COS(C)(=O)=O)CC2)c1. The van der Waals surface area contributed by atoms with Gasteiger partial charge in [-0.15, -0.1) is 0 Å². The Bertz CT molecular complexity index is 556. The Labute approximate surface area is 106 Å². The van der Waals surface area contributed by atoms with Crippen molar-refractivity contribution in [3.63, 3.8) is 0 Å². The van der Waals surface area contributed by atoms with Gasteiger partial charge in [0.15, 0.2) is 0 Å². The number of aromatic nitrogens is 1. The van der Waals surface area contributed by atoms with Crippen molar-refractivity contribution in [1.29, 1.82) is 0 Å². The first kappa shape index (κ1) is 13.1. The highest BCUT2D eigenvalue weighted by molar-refractivity contribution is 7.85. The molecule has 1 saturated carbocycles. The molecular weight excluding hydrogens is 258 g/mol. The van der Waals surface area contributed by atoms with Crippen LogP contribution in [0, 0.1) is 0 Å². The smallest absolute Gasteiger partial charge is 0.339 e. The molecule has 0 saturated heterocycles. The quantitative estimate of drug-likeness (QED) is 0.584. The van der Waals surface area contributed by atoms with E-state index in [1.54, 1.807) is 18.5 Å². The van der Waals surface area contributed by atoms with Crippen LogP contribution in [0.4, 0.5) is 0 Å². The topological polar surface area (TPSA) is 74.6 Å². The molecule has 1 aliphatic rings. The van der Waals surface area contributed by atoms with Crippen molar-refractivity contribution in [2.45, 2.75) is 18.4 Å². The number of rotatable bonds is 5. The highest BCUT2D eigenvalue weighted by atomic mass is 32.2. The molecule has 0 radical (unpaired) electrons. The Morgan fingerprint density at radius 1 is 1.50 bits per heavy atom. The van der Waals surface area contributed by atoms with Crippen LogP contribution in [-0.2, 0) is 24.6 Å². The molecule has 7 heteroatoms. The van der Waals surface area contributed by atoms with E-state index in [1.807, 2.05) is 4.57 Å². The lowest BCUT2D eigenvalue weighted by atomic mass is 10.3. The predicted octanol–water partition coefficient (Wildman–Crippen LogP) is 0.740. The second-order valence-electron chi connectivity index (χ2n) is 4.49. The number of methoxy groups -OCH3 is 1. The van der Waals surface area contributed by atoms with Gasteiger partial charge in [0.2, 0.25) is 0 Å². The molecule has 1 heterocycles. The minimum atomic E-state index is -3.44. The fraction of sp³-hybridized carbons (Fsp3) is 0.545. The second-order valence-corrected chi connectivity index (χ2v) is 6.13. The maximum absolute atomic E-state index is 11.3. The van der Waals surface area contributed by atoms with Crippen molar-refractivity contribution in [3.05, 3.63) is 24.0 Å². The van der Waals surface area contributed by atoms with Crippen LogP contribution in [0.15, 0.2) is 18.5 Å². The minimum absolute atomic E-state index is 0.0983. The zero-order chi connectivity index (χ0) is 13.4. The number of hydrogen-bond acceptors (Lipinski definition) is 5. The summed E-state index contributed by atoms with van der Waals surface area (Å²) in [5.41, 5.74) is 0.109. The van der Waals surface area contributed by atoms with E-state index < -0.39 is 16.1 Å². The van der Waals surface area contributed by atoms with Gasteiger partial charge in [0.05, 0.1) is 31.1 Å². The molecule has 0 atom stereocenters. The molecule has 1 fully saturated rings. The first-order valence-corrected chi connectivity index (χ1v) is 7.29. The van der Waals surface area contributed by atoms with Crippen molar-refractivity contribution in [2.24, 2.45) is 0 Å². The van der Waals surface area contributed by atoms with E-state index in [4.69, 9.17) is 4.18 Å². The lowest BCUT2D eigenvalue weighted by Gasteiger charge is -2.16. The van der Waals surface area contributed by atoms with Crippen molar-refractivity contribution in [3.8, 4) is 0 Å². The molecule has 0 aromatic carbocycles. The van der Waals surface area contributed by atoms with Crippen molar-refractivity contribution < 1.29 is 22.1 Å². The predicted molar refractivity (Wildman–Crippen MR) is 63.8 cm³/mol. The Morgan fingerprint density at radius 2 is 2.17 bits per heavy atom. The van der Waals surface area contributed by atoms with Crippen LogP contribution in [0.5, 0.6) is 0 Å². The monoisotopic (exact) mass is 273 g/mol. The Morgan fingerprint density at radius 3 is 2.67 bits per heavy atom. The maximum Gasteiger partial charge on any atom is 0.339 e. The van der Waals surface area contributed by atoms with Gasteiger partial charge in [-0.2, -0.15) is 8.42 Å². The molecule has 0 unspecified atom stereocenters. The van der Waals surface area contributed by atoms with Crippen molar-refractivity contribution in [1.82, 2.24) is 4.57 Å². The average Bonchev–Trinajstić information content (AvgIpc) is 2.94. The van der Waals surface area contributed by atoms with Gasteiger partial charge in [0, 0.05) is 12.4 Å². The average molecular weight is 273 g/mol. The molecule has 0 N–H and O–H groups in total. The molecule has 1 aromatic heterocycles. The first-order chi connectivity index (χ1) is 8.36.